The van der Waals surface area contributed by atoms with Gasteiger partial charge in [0.1, 0.15) is 30.6 Å². The van der Waals surface area contributed by atoms with E-state index in [2.05, 4.69) is 10.2 Å². The Kier molecular flexibility index (Phi) is 9.59. The minimum absolute atomic E-state index is 0.00454. The molecule has 0 aliphatic carbocycles. The van der Waals surface area contributed by atoms with Crippen molar-refractivity contribution in [3.05, 3.63) is 65.2 Å². The number of piperidine rings is 1. The first-order valence-corrected chi connectivity index (χ1v) is 16.6. The Morgan fingerprint density at radius 1 is 0.898 bits per heavy atom. The number of likely N-dealkylation sites (tertiary alicyclic amines) is 1. The highest BCUT2D eigenvalue weighted by molar-refractivity contribution is 6.23. The molecule has 0 radical (unpaired) electrons. The number of carbonyl (C=O) groups excluding carboxylic acids is 6. The highest BCUT2D eigenvalue weighted by Gasteiger charge is 2.45. The number of carbonyl (C=O) groups is 6. The third-order valence-corrected chi connectivity index (χ3v) is 9.17. The molecule has 3 atom stereocenters. The molecule has 0 bridgehead atoms. The highest BCUT2D eigenvalue weighted by atomic mass is 16.6. The van der Waals surface area contributed by atoms with Crippen LogP contribution < -0.4 is 10.1 Å². The Morgan fingerprint density at radius 2 is 1.61 bits per heavy atom. The van der Waals surface area contributed by atoms with Crippen molar-refractivity contribution in [1.29, 1.82) is 0 Å². The molecule has 14 nitrogen and oxygen atoms in total. The van der Waals surface area contributed by atoms with Crippen molar-refractivity contribution in [1.82, 2.24) is 24.9 Å². The number of imide groups is 2. The minimum Gasteiger partial charge on any atom is -0.491 e. The topological polar surface area (TPSA) is 155 Å². The van der Waals surface area contributed by atoms with Crippen LogP contribution in [0.2, 0.25) is 0 Å². The summed E-state index contributed by atoms with van der Waals surface area (Å²) in [6.45, 7) is 8.38. The van der Waals surface area contributed by atoms with Crippen LogP contribution in [0, 0.1) is 0 Å². The number of amides is 6. The van der Waals surface area contributed by atoms with Crippen LogP contribution in [0.5, 0.6) is 5.75 Å². The van der Waals surface area contributed by atoms with Gasteiger partial charge in [0.25, 0.3) is 11.8 Å². The van der Waals surface area contributed by atoms with E-state index >= 15 is 0 Å². The largest absolute Gasteiger partial charge is 0.491 e. The average Bonchev–Trinajstić information content (AvgIpc) is 3.61. The molecule has 4 aliphatic heterocycles. The molecule has 2 aromatic rings. The van der Waals surface area contributed by atoms with Gasteiger partial charge >= 0.3 is 12.2 Å². The van der Waals surface area contributed by atoms with Crippen LogP contribution in [-0.2, 0) is 25.7 Å². The summed E-state index contributed by atoms with van der Waals surface area (Å²) < 4.78 is 17.4. The van der Waals surface area contributed by atoms with Gasteiger partial charge in [-0.25, -0.2) is 9.59 Å². The predicted molar refractivity (Wildman–Crippen MR) is 174 cm³/mol. The molecule has 3 saturated heterocycles. The van der Waals surface area contributed by atoms with Gasteiger partial charge in [0, 0.05) is 45.2 Å². The number of ether oxygens (including phenoxy) is 3. The van der Waals surface area contributed by atoms with Gasteiger partial charge < -0.3 is 24.0 Å². The first-order chi connectivity index (χ1) is 23.4. The van der Waals surface area contributed by atoms with Crippen LogP contribution in [0.1, 0.15) is 66.3 Å². The summed E-state index contributed by atoms with van der Waals surface area (Å²) in [5.74, 6) is -2.01. The number of benzene rings is 2. The predicted octanol–water partition coefficient (Wildman–Crippen LogP) is 2.80. The first kappa shape index (κ1) is 33.9. The summed E-state index contributed by atoms with van der Waals surface area (Å²) in [7, 11) is 0. The zero-order valence-corrected chi connectivity index (χ0v) is 27.9. The quantitative estimate of drug-likeness (QED) is 0.434. The van der Waals surface area contributed by atoms with Gasteiger partial charge in [-0.05, 0) is 57.4 Å². The fourth-order valence-corrected chi connectivity index (χ4v) is 6.67. The molecular weight excluding hydrogens is 634 g/mol. The zero-order chi connectivity index (χ0) is 34.9. The second-order valence-electron chi connectivity index (χ2n) is 13.7. The number of hydrogen-bond donors (Lipinski definition) is 1. The van der Waals surface area contributed by atoms with Gasteiger partial charge in [0.15, 0.2) is 0 Å². The van der Waals surface area contributed by atoms with E-state index in [-0.39, 0.29) is 55.4 Å². The van der Waals surface area contributed by atoms with E-state index in [1.807, 2.05) is 30.3 Å². The molecule has 49 heavy (non-hydrogen) atoms. The summed E-state index contributed by atoms with van der Waals surface area (Å²) in [6, 6.07) is 12.7. The molecular formula is C35H41N5O9. The van der Waals surface area contributed by atoms with E-state index in [9.17, 15) is 28.8 Å². The Morgan fingerprint density at radius 3 is 2.31 bits per heavy atom. The van der Waals surface area contributed by atoms with Gasteiger partial charge in [0.2, 0.25) is 11.8 Å². The fourth-order valence-electron chi connectivity index (χ4n) is 6.67. The highest BCUT2D eigenvalue weighted by Crippen LogP contribution is 2.31. The van der Waals surface area contributed by atoms with Gasteiger partial charge in [-0.3, -0.25) is 34.3 Å². The lowest BCUT2D eigenvalue weighted by Crippen LogP contribution is -2.54. The zero-order valence-electron chi connectivity index (χ0n) is 27.9. The maximum absolute atomic E-state index is 13.3. The molecule has 4 heterocycles. The summed E-state index contributed by atoms with van der Waals surface area (Å²) in [6.07, 6.45) is -0.113. The van der Waals surface area contributed by atoms with Crippen molar-refractivity contribution in [2.24, 2.45) is 0 Å². The van der Waals surface area contributed by atoms with Gasteiger partial charge in [-0.1, -0.05) is 30.3 Å². The maximum Gasteiger partial charge on any atom is 0.410 e. The normalized spacial score (nSPS) is 23.0. The van der Waals surface area contributed by atoms with E-state index in [1.54, 1.807) is 36.6 Å². The molecule has 1 N–H and O–H groups in total. The van der Waals surface area contributed by atoms with E-state index in [0.29, 0.717) is 44.9 Å². The molecule has 6 rings (SSSR count). The third-order valence-electron chi connectivity index (χ3n) is 9.17. The molecule has 260 valence electrons. The standard InChI is InChI=1S/C35H41N5O9/c1-35(2,3)49-34(46)39-19-23(37-13-15-38(16-14-37)33(45)48-20-22-7-5-4-6-8-22)17-24(39)21-47-25-9-10-26-27(18-25)32(44)40(31(26)43)28-11-12-29(41)36-30(28)42/h4-10,18,23-24,28H,11-17,19-21H2,1-3H3,(H,36,41,42)/t23-,24+,28?/m1/s1. The van der Waals surface area contributed by atoms with Gasteiger partial charge in [-0.2, -0.15) is 0 Å². The van der Waals surface area contributed by atoms with E-state index in [1.165, 1.54) is 12.1 Å². The fraction of sp³-hybridized carbons (Fsp3) is 0.486. The molecule has 0 spiro atoms. The molecule has 0 saturated carbocycles. The number of nitrogens with one attached hydrogen (secondary N) is 1. The Hall–Kier alpha value is -4.98. The summed E-state index contributed by atoms with van der Waals surface area (Å²) >= 11 is 0. The third kappa shape index (κ3) is 7.53. The summed E-state index contributed by atoms with van der Waals surface area (Å²) in [5, 5.41) is 2.19. The number of hydrogen-bond acceptors (Lipinski definition) is 10. The Bertz CT molecular complexity index is 1630. The average molecular weight is 676 g/mol. The summed E-state index contributed by atoms with van der Waals surface area (Å²) in [5.41, 5.74) is 0.486. The maximum atomic E-state index is 13.3. The van der Waals surface area contributed by atoms with Gasteiger partial charge in [-0.15, -0.1) is 0 Å². The van der Waals surface area contributed by atoms with Crippen LogP contribution >= 0.6 is 0 Å². The van der Waals surface area contributed by atoms with Crippen LogP contribution in [0.25, 0.3) is 0 Å². The lowest BCUT2D eigenvalue weighted by molar-refractivity contribution is -0.136. The van der Waals surface area contributed by atoms with E-state index in [4.69, 9.17) is 14.2 Å². The SMILES string of the molecule is CC(C)(C)OC(=O)N1C[C@H](N2CCN(C(=O)OCc3ccccc3)CC2)C[C@H]1COc1ccc2c(c1)C(=O)N(C1CCC(=O)NC1=O)C2=O. The molecule has 3 fully saturated rings. The van der Waals surface area contributed by atoms with Crippen molar-refractivity contribution in [3.63, 3.8) is 0 Å². The van der Waals surface area contributed by atoms with Crippen molar-refractivity contribution < 1.29 is 43.0 Å². The molecule has 4 aliphatic rings. The Balaban J connectivity index is 1.08. The summed E-state index contributed by atoms with van der Waals surface area (Å²) in [4.78, 5) is 82.9. The number of nitrogens with zero attached hydrogens (tertiary/aromatic N) is 4. The van der Waals surface area contributed by atoms with Crippen LogP contribution in [0.15, 0.2) is 48.5 Å². The number of piperazine rings is 1. The molecule has 1 unspecified atom stereocenters. The second kappa shape index (κ2) is 13.9. The number of fused-ring (bicyclic) bond motifs is 1. The minimum atomic E-state index is -1.06. The Labute approximate surface area is 284 Å². The van der Waals surface area contributed by atoms with Gasteiger partial charge in [0.05, 0.1) is 17.2 Å². The lowest BCUT2D eigenvalue weighted by atomic mass is 10.0. The van der Waals surface area contributed by atoms with Crippen molar-refractivity contribution in [2.75, 3.05) is 39.3 Å². The van der Waals surface area contributed by atoms with E-state index < -0.39 is 41.4 Å². The van der Waals surface area contributed by atoms with Crippen LogP contribution in [0.4, 0.5) is 9.59 Å². The van der Waals surface area contributed by atoms with Crippen LogP contribution in [0.3, 0.4) is 0 Å². The van der Waals surface area contributed by atoms with E-state index in [0.717, 1.165) is 10.5 Å². The first-order valence-electron chi connectivity index (χ1n) is 16.6. The van der Waals surface area contributed by atoms with Crippen molar-refractivity contribution in [3.8, 4) is 5.75 Å². The monoisotopic (exact) mass is 675 g/mol. The molecule has 14 heteroatoms. The van der Waals surface area contributed by atoms with Crippen molar-refractivity contribution >= 4 is 35.8 Å². The lowest BCUT2D eigenvalue weighted by Gasteiger charge is -2.37. The van der Waals surface area contributed by atoms with Crippen LogP contribution in [-0.4, -0.2) is 118 Å². The molecule has 0 aromatic heterocycles. The molecule has 6 amide bonds. The molecule has 2 aromatic carbocycles. The number of rotatable bonds is 7. The van der Waals surface area contributed by atoms with Crippen molar-refractivity contribution in [2.45, 2.75) is 70.4 Å². The smallest absolute Gasteiger partial charge is 0.410 e. The second-order valence-corrected chi connectivity index (χ2v) is 13.7.